The molecule has 0 heterocycles. The molecule has 0 aliphatic heterocycles. The van der Waals surface area contributed by atoms with Crippen molar-refractivity contribution in [1.29, 1.82) is 0 Å². The van der Waals surface area contributed by atoms with Crippen LogP contribution < -0.4 is 10.5 Å². The van der Waals surface area contributed by atoms with Crippen LogP contribution in [0.2, 0.25) is 0 Å². The highest BCUT2D eigenvalue weighted by Gasteiger charge is 2.15. The third kappa shape index (κ3) is 3.96. The minimum Gasteiger partial charge on any atom is -0.389 e. The van der Waals surface area contributed by atoms with Gasteiger partial charge in [-0.25, -0.2) is 8.42 Å². The molecule has 3 N–H and O–H groups in total. The molecule has 110 valence electrons. The molecule has 4 nitrogen and oxygen atoms in total. The first kappa shape index (κ1) is 15.8. The molecule has 0 spiro atoms. The zero-order valence-electron chi connectivity index (χ0n) is 11.2. The fourth-order valence-corrected chi connectivity index (χ4v) is 3.40. The van der Waals surface area contributed by atoms with E-state index in [1.165, 1.54) is 12.1 Å². The Morgan fingerprint density at radius 2 is 1.90 bits per heavy atom. The predicted molar refractivity (Wildman–Crippen MR) is 91.4 cm³/mol. The fraction of sp³-hybridized carbons (Fsp3) is 0.0714. The molecule has 2 aromatic carbocycles. The number of nitrogens with one attached hydrogen (secondary N) is 1. The van der Waals surface area contributed by atoms with Crippen molar-refractivity contribution in [1.82, 2.24) is 0 Å². The quantitative estimate of drug-likeness (QED) is 0.648. The lowest BCUT2D eigenvalue weighted by atomic mass is 10.2. The van der Waals surface area contributed by atoms with Gasteiger partial charge >= 0.3 is 0 Å². The smallest absolute Gasteiger partial charge is 0.261 e. The summed E-state index contributed by atoms with van der Waals surface area (Å²) in [5.41, 5.74) is 6.57. The Balaban J connectivity index is 2.33. The van der Waals surface area contributed by atoms with Crippen molar-refractivity contribution >= 4 is 44.7 Å². The summed E-state index contributed by atoms with van der Waals surface area (Å²) >= 11 is 6.41. The molecular weight excluding hydrogens is 324 g/mol. The lowest BCUT2D eigenvalue weighted by molar-refractivity contribution is 0.601. The average molecular weight is 338 g/mol. The van der Waals surface area contributed by atoms with Crippen LogP contribution in [0.5, 0.6) is 0 Å². The third-order valence-electron chi connectivity index (χ3n) is 2.75. The third-order valence-corrected chi connectivity index (χ3v) is 5.09. The van der Waals surface area contributed by atoms with Gasteiger partial charge in [0.15, 0.2) is 0 Å². The van der Waals surface area contributed by atoms with Gasteiger partial charge in [0.05, 0.1) is 4.90 Å². The van der Waals surface area contributed by atoms with Gasteiger partial charge in [0.1, 0.15) is 4.99 Å². The maximum Gasteiger partial charge on any atom is 0.261 e. The number of sulfonamides is 1. The largest absolute Gasteiger partial charge is 0.389 e. The van der Waals surface area contributed by atoms with Gasteiger partial charge in [-0.1, -0.05) is 30.4 Å². The first-order valence-corrected chi connectivity index (χ1v) is 9.11. The summed E-state index contributed by atoms with van der Waals surface area (Å²) in [5.74, 6) is 0. The van der Waals surface area contributed by atoms with Gasteiger partial charge < -0.3 is 5.73 Å². The van der Waals surface area contributed by atoms with E-state index in [1.54, 1.807) is 42.1 Å². The standard InChI is InChI=1S/C14H14N2O2S3/c1-20-12-6-3-5-11(9-12)16-21(17,18)13-7-2-4-10(8-13)14(15)19/h2-9,16H,1H3,(H2,15,19). The number of thioether (sulfide) groups is 1. The van der Waals surface area contributed by atoms with Crippen LogP contribution in [0.25, 0.3) is 0 Å². The van der Waals surface area contributed by atoms with E-state index in [-0.39, 0.29) is 9.88 Å². The van der Waals surface area contributed by atoms with Crippen molar-refractivity contribution in [3.63, 3.8) is 0 Å². The topological polar surface area (TPSA) is 72.2 Å². The molecule has 0 aliphatic carbocycles. The molecule has 0 aromatic heterocycles. The van der Waals surface area contributed by atoms with Crippen LogP contribution in [-0.4, -0.2) is 19.7 Å². The maximum atomic E-state index is 12.4. The minimum absolute atomic E-state index is 0.127. The van der Waals surface area contributed by atoms with Gasteiger partial charge in [-0.2, -0.15) is 0 Å². The van der Waals surface area contributed by atoms with Crippen LogP contribution >= 0.6 is 24.0 Å². The first-order chi connectivity index (χ1) is 9.92. The number of nitrogens with two attached hydrogens (primary N) is 1. The summed E-state index contributed by atoms with van der Waals surface area (Å²) in [5, 5.41) is 0. The molecule has 0 fully saturated rings. The number of anilines is 1. The summed E-state index contributed by atoms with van der Waals surface area (Å²) in [7, 11) is -3.67. The summed E-state index contributed by atoms with van der Waals surface area (Å²) in [6.07, 6.45) is 1.93. The van der Waals surface area contributed by atoms with Crippen molar-refractivity contribution in [3.05, 3.63) is 54.1 Å². The molecular formula is C14H14N2O2S3. The number of hydrogen-bond donors (Lipinski definition) is 2. The van der Waals surface area contributed by atoms with Crippen molar-refractivity contribution in [2.24, 2.45) is 5.73 Å². The molecule has 0 saturated carbocycles. The van der Waals surface area contributed by atoms with Crippen LogP contribution in [0.4, 0.5) is 5.69 Å². The van der Waals surface area contributed by atoms with Crippen molar-refractivity contribution in [2.75, 3.05) is 11.0 Å². The van der Waals surface area contributed by atoms with E-state index in [2.05, 4.69) is 4.72 Å². The van der Waals surface area contributed by atoms with E-state index in [9.17, 15) is 8.42 Å². The highest BCUT2D eigenvalue weighted by molar-refractivity contribution is 7.98. The normalized spacial score (nSPS) is 11.1. The van der Waals surface area contributed by atoms with E-state index in [0.717, 1.165) is 4.90 Å². The van der Waals surface area contributed by atoms with Gasteiger partial charge in [-0.3, -0.25) is 4.72 Å². The highest BCUT2D eigenvalue weighted by atomic mass is 32.2. The molecule has 2 aromatic rings. The van der Waals surface area contributed by atoms with Crippen molar-refractivity contribution in [3.8, 4) is 0 Å². The average Bonchev–Trinajstić information content (AvgIpc) is 2.47. The van der Waals surface area contributed by atoms with Gasteiger partial charge in [0, 0.05) is 16.1 Å². The second kappa shape index (κ2) is 6.46. The summed E-state index contributed by atoms with van der Waals surface area (Å²) < 4.78 is 27.3. The Labute approximate surface area is 133 Å². The summed E-state index contributed by atoms with van der Waals surface area (Å²) in [4.78, 5) is 1.27. The molecule has 21 heavy (non-hydrogen) atoms. The monoisotopic (exact) mass is 338 g/mol. The Hall–Kier alpha value is -1.57. The zero-order valence-corrected chi connectivity index (χ0v) is 13.7. The number of thiocarbonyl (C=S) groups is 1. The van der Waals surface area contributed by atoms with Gasteiger partial charge in [-0.05, 0) is 36.6 Å². The van der Waals surface area contributed by atoms with Gasteiger partial charge in [-0.15, -0.1) is 11.8 Å². The molecule has 2 rings (SSSR count). The molecule has 0 unspecified atom stereocenters. The van der Waals surface area contributed by atoms with Crippen molar-refractivity contribution in [2.45, 2.75) is 9.79 Å². The highest BCUT2D eigenvalue weighted by Crippen LogP contribution is 2.22. The van der Waals surface area contributed by atoms with Crippen molar-refractivity contribution < 1.29 is 8.42 Å². The van der Waals surface area contributed by atoms with E-state index in [1.807, 2.05) is 12.3 Å². The molecule has 0 saturated heterocycles. The maximum absolute atomic E-state index is 12.4. The lowest BCUT2D eigenvalue weighted by Crippen LogP contribution is -2.15. The Morgan fingerprint density at radius 1 is 1.19 bits per heavy atom. The second-order valence-electron chi connectivity index (χ2n) is 4.23. The van der Waals surface area contributed by atoms with E-state index < -0.39 is 10.0 Å². The van der Waals surface area contributed by atoms with Crippen LogP contribution in [0.1, 0.15) is 5.56 Å². The Morgan fingerprint density at radius 3 is 2.57 bits per heavy atom. The predicted octanol–water partition coefficient (Wildman–Crippen LogP) is 2.84. The summed E-state index contributed by atoms with van der Waals surface area (Å²) in [6.45, 7) is 0. The Kier molecular flexibility index (Phi) is 4.87. The fourth-order valence-electron chi connectivity index (χ4n) is 1.72. The molecule has 0 amide bonds. The zero-order chi connectivity index (χ0) is 15.5. The SMILES string of the molecule is CSc1cccc(NS(=O)(=O)c2cccc(C(N)=S)c2)c1. The number of rotatable bonds is 5. The second-order valence-corrected chi connectivity index (χ2v) is 7.23. The van der Waals surface area contributed by atoms with Gasteiger partial charge in [0.25, 0.3) is 10.0 Å². The first-order valence-electron chi connectivity index (χ1n) is 5.99. The molecule has 0 bridgehead atoms. The molecule has 7 heteroatoms. The van der Waals surface area contributed by atoms with Gasteiger partial charge in [0.2, 0.25) is 0 Å². The molecule has 0 radical (unpaired) electrons. The lowest BCUT2D eigenvalue weighted by Gasteiger charge is -2.10. The van der Waals surface area contributed by atoms with Crippen LogP contribution in [-0.2, 0) is 10.0 Å². The van der Waals surface area contributed by atoms with E-state index in [0.29, 0.717) is 11.3 Å². The van der Waals surface area contributed by atoms with Crippen LogP contribution in [0.15, 0.2) is 58.3 Å². The minimum atomic E-state index is -3.67. The van der Waals surface area contributed by atoms with E-state index >= 15 is 0 Å². The number of benzene rings is 2. The summed E-state index contributed by atoms with van der Waals surface area (Å²) in [6, 6.07) is 13.4. The van der Waals surface area contributed by atoms with E-state index in [4.69, 9.17) is 18.0 Å². The molecule has 0 atom stereocenters. The molecule has 0 aliphatic rings. The number of hydrogen-bond acceptors (Lipinski definition) is 4. The Bertz CT molecular complexity index is 773. The van der Waals surface area contributed by atoms with Crippen LogP contribution in [0.3, 0.4) is 0 Å². The van der Waals surface area contributed by atoms with Crippen LogP contribution in [0, 0.1) is 0 Å².